The van der Waals surface area contributed by atoms with Crippen LogP contribution in [0.1, 0.15) is 37.3 Å². The molecule has 6 heteroatoms. The molecule has 2 aromatic carbocycles. The number of rotatable bonds is 14. The molecule has 0 aliphatic heterocycles. The highest BCUT2D eigenvalue weighted by atomic mass is 16.6. The standard InChI is InChI=1S/C26H35NO5/c1-3-20(2)18-31-17-16-30-15-14-29-13-12-27-26(28)32-19-25-23-10-6-4-8-21(23)22-9-5-7-11-24(22)25/h4-11,20,25H,3,12-19H2,1-2H3,(H,27,28). The van der Waals surface area contributed by atoms with Crippen LogP contribution in [0.25, 0.3) is 11.1 Å². The fourth-order valence-corrected chi connectivity index (χ4v) is 3.72. The minimum absolute atomic E-state index is 0.0655. The van der Waals surface area contributed by atoms with Crippen molar-refractivity contribution < 1.29 is 23.7 Å². The lowest BCUT2D eigenvalue weighted by molar-refractivity contribution is 0.00870. The molecule has 6 nitrogen and oxygen atoms in total. The zero-order valence-corrected chi connectivity index (χ0v) is 19.2. The molecule has 1 unspecified atom stereocenters. The van der Waals surface area contributed by atoms with E-state index >= 15 is 0 Å². The molecular formula is C26H35NO5. The summed E-state index contributed by atoms with van der Waals surface area (Å²) in [5.41, 5.74) is 4.84. The Hall–Kier alpha value is -2.41. The molecule has 3 rings (SSSR count). The third kappa shape index (κ3) is 7.05. The van der Waals surface area contributed by atoms with Gasteiger partial charge in [0.15, 0.2) is 0 Å². The number of nitrogens with one attached hydrogen (secondary N) is 1. The highest BCUT2D eigenvalue weighted by molar-refractivity contribution is 5.79. The number of hydrogen-bond donors (Lipinski definition) is 1. The molecule has 0 heterocycles. The van der Waals surface area contributed by atoms with Gasteiger partial charge < -0.3 is 24.3 Å². The molecule has 32 heavy (non-hydrogen) atoms. The monoisotopic (exact) mass is 441 g/mol. The van der Waals surface area contributed by atoms with Crippen LogP contribution in [0, 0.1) is 5.92 Å². The fourth-order valence-electron chi connectivity index (χ4n) is 3.72. The maximum atomic E-state index is 12.1. The van der Waals surface area contributed by atoms with Crippen LogP contribution in [0.15, 0.2) is 48.5 Å². The summed E-state index contributed by atoms with van der Waals surface area (Å²) in [4.78, 5) is 12.1. The van der Waals surface area contributed by atoms with Crippen molar-refractivity contribution in [3.63, 3.8) is 0 Å². The van der Waals surface area contributed by atoms with Crippen molar-refractivity contribution in [2.75, 3.05) is 52.8 Å². The SMILES string of the molecule is CCC(C)COCCOCCOCCNC(=O)OCC1c2ccccc2-c2ccccc21. The van der Waals surface area contributed by atoms with Crippen molar-refractivity contribution in [3.05, 3.63) is 59.7 Å². The predicted octanol–water partition coefficient (Wildman–Crippen LogP) is 4.62. The first kappa shape index (κ1) is 24.2. The lowest BCUT2D eigenvalue weighted by Gasteiger charge is -2.14. The molecule has 0 saturated heterocycles. The van der Waals surface area contributed by atoms with Gasteiger partial charge in [-0.25, -0.2) is 4.79 Å². The Morgan fingerprint density at radius 3 is 2.06 bits per heavy atom. The van der Waals surface area contributed by atoms with Crippen molar-refractivity contribution in [3.8, 4) is 11.1 Å². The molecule has 0 spiro atoms. The molecule has 0 fully saturated rings. The molecular weight excluding hydrogens is 406 g/mol. The minimum Gasteiger partial charge on any atom is -0.449 e. The van der Waals surface area contributed by atoms with Crippen molar-refractivity contribution >= 4 is 6.09 Å². The van der Waals surface area contributed by atoms with E-state index in [-0.39, 0.29) is 5.92 Å². The molecule has 0 aromatic heterocycles. The Kier molecular flexibility index (Phi) is 10.0. The van der Waals surface area contributed by atoms with Crippen molar-refractivity contribution in [1.82, 2.24) is 5.32 Å². The molecule has 1 aliphatic carbocycles. The van der Waals surface area contributed by atoms with E-state index in [9.17, 15) is 4.79 Å². The highest BCUT2D eigenvalue weighted by Crippen LogP contribution is 2.44. The van der Waals surface area contributed by atoms with Crippen molar-refractivity contribution in [2.45, 2.75) is 26.2 Å². The molecule has 1 aliphatic rings. The zero-order valence-electron chi connectivity index (χ0n) is 19.2. The van der Waals surface area contributed by atoms with Crippen LogP contribution in [0.5, 0.6) is 0 Å². The normalized spacial score (nSPS) is 13.4. The summed E-state index contributed by atoms with van der Waals surface area (Å²) in [5, 5.41) is 2.74. The first-order valence-electron chi connectivity index (χ1n) is 11.5. The maximum Gasteiger partial charge on any atom is 0.407 e. The quantitative estimate of drug-likeness (QED) is 0.433. The largest absolute Gasteiger partial charge is 0.449 e. The summed E-state index contributed by atoms with van der Waals surface area (Å²) in [6.07, 6.45) is 0.698. The Balaban J connectivity index is 1.25. The van der Waals surface area contributed by atoms with Gasteiger partial charge in [0, 0.05) is 19.1 Å². The minimum atomic E-state index is -0.426. The third-order valence-electron chi connectivity index (χ3n) is 5.70. The number of ether oxygens (including phenoxy) is 4. The van der Waals surface area contributed by atoms with E-state index in [2.05, 4.69) is 43.4 Å². The van der Waals surface area contributed by atoms with Crippen LogP contribution in [0.2, 0.25) is 0 Å². The van der Waals surface area contributed by atoms with Gasteiger partial charge in [0.2, 0.25) is 0 Å². The Morgan fingerprint density at radius 2 is 1.44 bits per heavy atom. The summed E-state index contributed by atoms with van der Waals surface area (Å²) in [6, 6.07) is 16.6. The number of fused-ring (bicyclic) bond motifs is 3. The molecule has 0 saturated carbocycles. The number of hydrogen-bond acceptors (Lipinski definition) is 5. The molecule has 2 aromatic rings. The van der Waals surface area contributed by atoms with E-state index in [1.54, 1.807) is 0 Å². The van der Waals surface area contributed by atoms with Crippen LogP contribution in [-0.4, -0.2) is 58.9 Å². The molecule has 1 N–H and O–H groups in total. The van der Waals surface area contributed by atoms with Gasteiger partial charge >= 0.3 is 6.09 Å². The molecule has 0 bridgehead atoms. The van der Waals surface area contributed by atoms with Crippen LogP contribution in [0.3, 0.4) is 0 Å². The molecule has 1 amide bonds. The fraction of sp³-hybridized carbons (Fsp3) is 0.500. The lowest BCUT2D eigenvalue weighted by atomic mass is 9.98. The number of alkyl carbamates (subject to hydrolysis) is 1. The second-order valence-electron chi connectivity index (χ2n) is 8.07. The van der Waals surface area contributed by atoms with Gasteiger partial charge in [-0.3, -0.25) is 0 Å². The van der Waals surface area contributed by atoms with E-state index in [4.69, 9.17) is 18.9 Å². The van der Waals surface area contributed by atoms with Gasteiger partial charge in [-0.05, 0) is 28.2 Å². The van der Waals surface area contributed by atoms with Gasteiger partial charge in [0.25, 0.3) is 0 Å². The number of benzene rings is 2. The van der Waals surface area contributed by atoms with Crippen LogP contribution in [0.4, 0.5) is 4.79 Å². The number of carbonyl (C=O) groups excluding carboxylic acids is 1. The van der Waals surface area contributed by atoms with Crippen LogP contribution < -0.4 is 5.32 Å². The topological polar surface area (TPSA) is 66.0 Å². The average molecular weight is 442 g/mol. The number of carbonyl (C=O) groups is 1. The van der Waals surface area contributed by atoms with E-state index in [0.29, 0.717) is 52.1 Å². The Labute approximate surface area is 191 Å². The second-order valence-corrected chi connectivity index (χ2v) is 8.07. The summed E-state index contributed by atoms with van der Waals surface area (Å²) < 4.78 is 22.0. The van der Waals surface area contributed by atoms with Crippen molar-refractivity contribution in [2.24, 2.45) is 5.92 Å². The highest BCUT2D eigenvalue weighted by Gasteiger charge is 2.28. The lowest BCUT2D eigenvalue weighted by Crippen LogP contribution is -2.29. The van der Waals surface area contributed by atoms with Gasteiger partial charge in [0.1, 0.15) is 6.61 Å². The van der Waals surface area contributed by atoms with Gasteiger partial charge in [-0.1, -0.05) is 68.8 Å². The summed E-state index contributed by atoms with van der Waals surface area (Å²) >= 11 is 0. The van der Waals surface area contributed by atoms with E-state index in [1.165, 1.54) is 22.3 Å². The number of amides is 1. The molecule has 174 valence electrons. The Morgan fingerprint density at radius 1 is 0.875 bits per heavy atom. The summed E-state index contributed by atoms with van der Waals surface area (Å²) in [7, 11) is 0. The molecule has 0 radical (unpaired) electrons. The maximum absolute atomic E-state index is 12.1. The first-order valence-corrected chi connectivity index (χ1v) is 11.5. The average Bonchev–Trinajstić information content (AvgIpc) is 3.14. The summed E-state index contributed by atoms with van der Waals surface area (Å²) in [6.45, 7) is 8.40. The summed E-state index contributed by atoms with van der Waals surface area (Å²) in [5.74, 6) is 0.651. The van der Waals surface area contributed by atoms with Crippen LogP contribution in [-0.2, 0) is 18.9 Å². The Bertz CT molecular complexity index is 795. The van der Waals surface area contributed by atoms with Gasteiger partial charge in [0.05, 0.1) is 33.0 Å². The second kappa shape index (κ2) is 13.2. The van der Waals surface area contributed by atoms with Gasteiger partial charge in [-0.2, -0.15) is 0 Å². The molecule has 1 atom stereocenters. The first-order chi connectivity index (χ1) is 15.7. The van der Waals surface area contributed by atoms with Crippen molar-refractivity contribution in [1.29, 1.82) is 0 Å². The third-order valence-corrected chi connectivity index (χ3v) is 5.70. The zero-order chi connectivity index (χ0) is 22.6. The predicted molar refractivity (Wildman–Crippen MR) is 125 cm³/mol. The van der Waals surface area contributed by atoms with E-state index in [1.807, 2.05) is 24.3 Å². The smallest absolute Gasteiger partial charge is 0.407 e. The van der Waals surface area contributed by atoms with Gasteiger partial charge in [-0.15, -0.1) is 0 Å². The van der Waals surface area contributed by atoms with E-state index < -0.39 is 6.09 Å². The van der Waals surface area contributed by atoms with Crippen LogP contribution >= 0.6 is 0 Å². The van der Waals surface area contributed by atoms with E-state index in [0.717, 1.165) is 13.0 Å².